The van der Waals surface area contributed by atoms with Crippen LogP contribution in [0.25, 0.3) is 0 Å². The molecule has 2 rings (SSSR count). The van der Waals surface area contributed by atoms with Crippen molar-refractivity contribution in [3.8, 4) is 0 Å². The molecular formula is C14H22N2O4. The van der Waals surface area contributed by atoms with E-state index in [1.54, 1.807) is 0 Å². The van der Waals surface area contributed by atoms with Crippen LogP contribution in [0.15, 0.2) is 0 Å². The van der Waals surface area contributed by atoms with E-state index in [0.717, 1.165) is 12.8 Å². The summed E-state index contributed by atoms with van der Waals surface area (Å²) in [5.74, 6) is -1.12. The van der Waals surface area contributed by atoms with Gasteiger partial charge in [0, 0.05) is 6.42 Å². The highest BCUT2D eigenvalue weighted by Gasteiger charge is 2.51. The van der Waals surface area contributed by atoms with Crippen LogP contribution >= 0.6 is 0 Å². The van der Waals surface area contributed by atoms with E-state index in [4.69, 9.17) is 5.11 Å². The lowest BCUT2D eigenvalue weighted by molar-refractivity contribution is -0.143. The van der Waals surface area contributed by atoms with Crippen molar-refractivity contribution < 1.29 is 19.5 Å². The van der Waals surface area contributed by atoms with E-state index in [9.17, 15) is 14.4 Å². The van der Waals surface area contributed by atoms with Gasteiger partial charge in [-0.05, 0) is 31.6 Å². The Kier molecular flexibility index (Phi) is 4.62. The lowest BCUT2D eigenvalue weighted by Gasteiger charge is -2.20. The number of amides is 2. The predicted octanol–water partition coefficient (Wildman–Crippen LogP) is 0.806. The molecule has 2 saturated carbocycles. The summed E-state index contributed by atoms with van der Waals surface area (Å²) in [6.07, 6.45) is 7.17. The molecule has 2 amide bonds. The van der Waals surface area contributed by atoms with Crippen LogP contribution in [0.5, 0.6) is 0 Å². The first-order chi connectivity index (χ1) is 9.52. The molecule has 3 N–H and O–H groups in total. The van der Waals surface area contributed by atoms with Crippen LogP contribution < -0.4 is 10.6 Å². The monoisotopic (exact) mass is 282 g/mol. The minimum Gasteiger partial charge on any atom is -0.480 e. The van der Waals surface area contributed by atoms with Crippen molar-refractivity contribution in [2.75, 3.05) is 6.54 Å². The third kappa shape index (κ3) is 3.95. The second-order valence-electron chi connectivity index (χ2n) is 5.92. The van der Waals surface area contributed by atoms with Crippen LogP contribution in [0.3, 0.4) is 0 Å². The number of rotatable bonds is 6. The summed E-state index contributed by atoms with van der Waals surface area (Å²) in [6.45, 7) is -0.138. The minimum absolute atomic E-state index is 0.118. The van der Waals surface area contributed by atoms with Crippen LogP contribution in [0.1, 0.15) is 51.4 Å². The van der Waals surface area contributed by atoms with E-state index in [1.807, 2.05) is 0 Å². The van der Waals surface area contributed by atoms with Crippen LogP contribution in [-0.4, -0.2) is 35.0 Å². The van der Waals surface area contributed by atoms with Gasteiger partial charge in [0.25, 0.3) is 0 Å². The van der Waals surface area contributed by atoms with Gasteiger partial charge < -0.3 is 15.7 Å². The van der Waals surface area contributed by atoms with Gasteiger partial charge in [-0.3, -0.25) is 9.59 Å². The molecule has 2 aliphatic rings. The summed E-state index contributed by atoms with van der Waals surface area (Å²) < 4.78 is 0. The van der Waals surface area contributed by atoms with Gasteiger partial charge in [0.1, 0.15) is 5.54 Å². The molecule has 6 heteroatoms. The number of hydrogen-bond donors (Lipinski definition) is 3. The van der Waals surface area contributed by atoms with Crippen LogP contribution in [0.2, 0.25) is 0 Å². The van der Waals surface area contributed by atoms with E-state index in [2.05, 4.69) is 10.6 Å². The highest BCUT2D eigenvalue weighted by Crippen LogP contribution is 2.35. The van der Waals surface area contributed by atoms with Crippen molar-refractivity contribution in [1.82, 2.24) is 10.6 Å². The van der Waals surface area contributed by atoms with Crippen molar-refractivity contribution in [2.24, 2.45) is 5.92 Å². The zero-order chi connectivity index (χ0) is 14.6. The standard InChI is InChI=1S/C14H22N2O4/c17-11(8-10-4-2-1-3-5-10)15-9-12(18)16-14(6-7-14)13(19)20/h10H,1-9H2,(H,15,17)(H,16,18)(H,19,20). The first kappa shape index (κ1) is 14.8. The summed E-state index contributed by atoms with van der Waals surface area (Å²) in [5.41, 5.74) is -1.08. The lowest BCUT2D eigenvalue weighted by atomic mass is 9.87. The molecule has 0 aromatic carbocycles. The maximum atomic E-state index is 11.7. The summed E-state index contributed by atoms with van der Waals surface area (Å²) in [6, 6.07) is 0. The molecular weight excluding hydrogens is 260 g/mol. The first-order valence-electron chi connectivity index (χ1n) is 7.33. The molecule has 20 heavy (non-hydrogen) atoms. The van der Waals surface area contributed by atoms with E-state index in [1.165, 1.54) is 19.3 Å². The van der Waals surface area contributed by atoms with Gasteiger partial charge in [-0.25, -0.2) is 4.79 Å². The smallest absolute Gasteiger partial charge is 0.329 e. The third-order valence-corrected chi connectivity index (χ3v) is 4.18. The van der Waals surface area contributed by atoms with Gasteiger partial charge in [0.2, 0.25) is 11.8 Å². The number of carboxylic acids is 1. The molecule has 0 unspecified atom stereocenters. The maximum absolute atomic E-state index is 11.7. The zero-order valence-electron chi connectivity index (χ0n) is 11.6. The largest absolute Gasteiger partial charge is 0.480 e. The summed E-state index contributed by atoms with van der Waals surface area (Å²) in [7, 11) is 0. The highest BCUT2D eigenvalue weighted by molar-refractivity contribution is 5.91. The van der Waals surface area contributed by atoms with Gasteiger partial charge in [-0.15, -0.1) is 0 Å². The molecule has 0 heterocycles. The summed E-state index contributed by atoms with van der Waals surface area (Å²) >= 11 is 0. The van der Waals surface area contributed by atoms with Crippen molar-refractivity contribution >= 4 is 17.8 Å². The molecule has 0 aromatic heterocycles. The molecule has 112 valence electrons. The fourth-order valence-electron chi connectivity index (χ4n) is 2.73. The van der Waals surface area contributed by atoms with E-state index >= 15 is 0 Å². The van der Waals surface area contributed by atoms with Crippen molar-refractivity contribution in [3.63, 3.8) is 0 Å². The van der Waals surface area contributed by atoms with Gasteiger partial charge in [0.05, 0.1) is 6.54 Å². The van der Waals surface area contributed by atoms with E-state index < -0.39 is 17.4 Å². The number of aliphatic carboxylic acids is 1. The minimum atomic E-state index is -1.08. The molecule has 0 bridgehead atoms. The fraction of sp³-hybridized carbons (Fsp3) is 0.786. The Labute approximate surface area is 118 Å². The Morgan fingerprint density at radius 1 is 1.05 bits per heavy atom. The quantitative estimate of drug-likeness (QED) is 0.671. The molecule has 0 saturated heterocycles. The van der Waals surface area contributed by atoms with Crippen LogP contribution in [-0.2, 0) is 14.4 Å². The molecule has 0 radical (unpaired) electrons. The number of hydrogen-bond acceptors (Lipinski definition) is 3. The highest BCUT2D eigenvalue weighted by atomic mass is 16.4. The number of carbonyl (C=O) groups excluding carboxylic acids is 2. The summed E-state index contributed by atoms with van der Waals surface area (Å²) in [5, 5.41) is 14.0. The zero-order valence-corrected chi connectivity index (χ0v) is 11.6. The Hall–Kier alpha value is -1.59. The van der Waals surface area contributed by atoms with Gasteiger partial charge in [-0.1, -0.05) is 19.3 Å². The Bertz CT molecular complexity index is 398. The molecule has 2 aliphatic carbocycles. The SMILES string of the molecule is O=C(CC1CCCCC1)NCC(=O)NC1(C(=O)O)CC1. The van der Waals surface area contributed by atoms with Crippen molar-refractivity contribution in [2.45, 2.75) is 56.9 Å². The molecule has 0 atom stereocenters. The van der Waals surface area contributed by atoms with Gasteiger partial charge in [-0.2, -0.15) is 0 Å². The van der Waals surface area contributed by atoms with E-state index in [0.29, 0.717) is 25.2 Å². The second kappa shape index (κ2) is 6.24. The Morgan fingerprint density at radius 3 is 2.25 bits per heavy atom. The van der Waals surface area contributed by atoms with Crippen molar-refractivity contribution in [1.29, 1.82) is 0 Å². The third-order valence-electron chi connectivity index (χ3n) is 4.18. The molecule has 6 nitrogen and oxygen atoms in total. The summed E-state index contributed by atoms with van der Waals surface area (Å²) in [4.78, 5) is 34.3. The average molecular weight is 282 g/mol. The lowest BCUT2D eigenvalue weighted by Crippen LogP contribution is -2.47. The normalized spacial score (nSPS) is 21.0. The van der Waals surface area contributed by atoms with Crippen LogP contribution in [0, 0.1) is 5.92 Å². The number of carboxylic acid groups (broad SMARTS) is 1. The molecule has 2 fully saturated rings. The molecule has 0 aliphatic heterocycles. The van der Waals surface area contributed by atoms with Gasteiger partial charge in [0.15, 0.2) is 0 Å². The predicted molar refractivity (Wildman–Crippen MR) is 71.9 cm³/mol. The fourth-order valence-corrected chi connectivity index (χ4v) is 2.73. The molecule has 0 aromatic rings. The first-order valence-corrected chi connectivity index (χ1v) is 7.33. The maximum Gasteiger partial charge on any atom is 0.329 e. The van der Waals surface area contributed by atoms with Gasteiger partial charge >= 0.3 is 5.97 Å². The Balaban J connectivity index is 1.65. The molecule has 0 spiro atoms. The Morgan fingerprint density at radius 2 is 1.70 bits per heavy atom. The number of carbonyl (C=O) groups is 3. The van der Waals surface area contributed by atoms with Crippen molar-refractivity contribution in [3.05, 3.63) is 0 Å². The number of nitrogens with one attached hydrogen (secondary N) is 2. The average Bonchev–Trinajstić information content (AvgIpc) is 3.19. The van der Waals surface area contributed by atoms with Crippen LogP contribution in [0.4, 0.5) is 0 Å². The van der Waals surface area contributed by atoms with E-state index in [-0.39, 0.29) is 12.5 Å². The second-order valence-corrected chi connectivity index (χ2v) is 5.92. The topological polar surface area (TPSA) is 95.5 Å².